The molecule has 0 unspecified atom stereocenters. The molecule has 0 aromatic heterocycles. The minimum atomic E-state index is -3.61. The quantitative estimate of drug-likeness (QED) is 0.736. The molecule has 1 aliphatic heterocycles. The van der Waals surface area contributed by atoms with E-state index < -0.39 is 10.0 Å². The number of amides is 2. The predicted octanol–water partition coefficient (Wildman–Crippen LogP) is 3.39. The van der Waals surface area contributed by atoms with Crippen molar-refractivity contribution in [3.05, 3.63) is 58.6 Å². The summed E-state index contributed by atoms with van der Waals surface area (Å²) in [7, 11) is -0.691. The van der Waals surface area contributed by atoms with Crippen LogP contribution in [0.15, 0.2) is 47.4 Å². The van der Waals surface area contributed by atoms with E-state index in [2.05, 4.69) is 5.32 Å². The van der Waals surface area contributed by atoms with Crippen LogP contribution in [0, 0.1) is 12.8 Å². The van der Waals surface area contributed by atoms with Gasteiger partial charge in [0.15, 0.2) is 0 Å². The van der Waals surface area contributed by atoms with Gasteiger partial charge in [-0.2, -0.15) is 0 Å². The van der Waals surface area contributed by atoms with E-state index in [0.29, 0.717) is 42.2 Å². The summed E-state index contributed by atoms with van der Waals surface area (Å²) >= 11 is 5.89. The number of aryl methyl sites for hydroxylation is 1. The molecule has 0 saturated carbocycles. The summed E-state index contributed by atoms with van der Waals surface area (Å²) in [5.74, 6) is -0.737. The van der Waals surface area contributed by atoms with Crippen LogP contribution in [0.25, 0.3) is 0 Å². The summed E-state index contributed by atoms with van der Waals surface area (Å²) in [6.45, 7) is 2.70. The van der Waals surface area contributed by atoms with Crippen LogP contribution in [0.3, 0.4) is 0 Å². The van der Waals surface area contributed by atoms with Crippen LogP contribution in [0.1, 0.15) is 28.8 Å². The predicted molar refractivity (Wildman–Crippen MR) is 121 cm³/mol. The molecule has 1 aliphatic rings. The van der Waals surface area contributed by atoms with Crippen molar-refractivity contribution in [1.29, 1.82) is 0 Å². The maximum absolute atomic E-state index is 12.9. The Kier molecular flexibility index (Phi) is 7.03. The van der Waals surface area contributed by atoms with Gasteiger partial charge in [-0.05, 0) is 61.7 Å². The van der Waals surface area contributed by atoms with Crippen molar-refractivity contribution in [2.45, 2.75) is 24.7 Å². The van der Waals surface area contributed by atoms with E-state index in [9.17, 15) is 18.0 Å². The highest BCUT2D eigenvalue weighted by atomic mass is 35.5. The lowest BCUT2D eigenvalue weighted by Gasteiger charge is -2.32. The fourth-order valence-electron chi connectivity index (χ4n) is 3.49. The second-order valence-corrected chi connectivity index (χ2v) is 10.4. The van der Waals surface area contributed by atoms with E-state index in [1.165, 1.54) is 26.2 Å². The molecule has 0 radical (unpaired) electrons. The molecule has 0 bridgehead atoms. The lowest BCUT2D eigenvalue weighted by Crippen LogP contribution is -2.43. The Morgan fingerprint density at radius 2 is 1.81 bits per heavy atom. The summed E-state index contributed by atoms with van der Waals surface area (Å²) in [4.78, 5) is 27.5. The van der Waals surface area contributed by atoms with Crippen molar-refractivity contribution >= 4 is 39.1 Å². The fourth-order valence-corrected chi connectivity index (χ4v) is 4.55. The Morgan fingerprint density at radius 3 is 2.45 bits per heavy atom. The Bertz CT molecular complexity index is 1080. The average Bonchev–Trinajstić information content (AvgIpc) is 2.75. The molecule has 166 valence electrons. The molecule has 2 aromatic carbocycles. The average molecular weight is 464 g/mol. The number of sulfonamides is 1. The lowest BCUT2D eigenvalue weighted by atomic mass is 9.96. The monoisotopic (exact) mass is 463 g/mol. The molecule has 0 aliphatic carbocycles. The number of nitrogens with zero attached hydrogens (tertiary/aromatic N) is 2. The zero-order chi connectivity index (χ0) is 22.8. The van der Waals surface area contributed by atoms with Crippen LogP contribution in [-0.4, -0.2) is 56.6 Å². The number of carbonyl (C=O) groups excluding carboxylic acids is 2. The van der Waals surface area contributed by atoms with Gasteiger partial charge in [-0.3, -0.25) is 9.59 Å². The van der Waals surface area contributed by atoms with Crippen molar-refractivity contribution in [3.63, 3.8) is 0 Å². The number of nitrogens with one attached hydrogen (secondary N) is 1. The van der Waals surface area contributed by atoms with Gasteiger partial charge < -0.3 is 10.2 Å². The fraction of sp³-hybridized carbons (Fsp3) is 0.364. The summed E-state index contributed by atoms with van der Waals surface area (Å²) in [5.41, 5.74) is 1.74. The first-order valence-corrected chi connectivity index (χ1v) is 11.8. The third-order valence-electron chi connectivity index (χ3n) is 5.42. The maximum Gasteiger partial charge on any atom is 0.253 e. The molecule has 1 N–H and O–H groups in total. The zero-order valence-corrected chi connectivity index (χ0v) is 19.3. The van der Waals surface area contributed by atoms with Crippen molar-refractivity contribution in [1.82, 2.24) is 9.21 Å². The van der Waals surface area contributed by atoms with Gasteiger partial charge in [0.2, 0.25) is 15.9 Å². The smallest absolute Gasteiger partial charge is 0.253 e. The van der Waals surface area contributed by atoms with E-state index in [4.69, 9.17) is 11.6 Å². The van der Waals surface area contributed by atoms with E-state index in [-0.39, 0.29) is 22.6 Å². The number of benzene rings is 2. The van der Waals surface area contributed by atoms with Gasteiger partial charge in [0.1, 0.15) is 0 Å². The maximum atomic E-state index is 12.9. The number of rotatable bonds is 5. The summed E-state index contributed by atoms with van der Waals surface area (Å²) < 4.78 is 26.0. The molecular formula is C22H26ClN3O4S. The first-order chi connectivity index (χ1) is 14.6. The highest BCUT2D eigenvalue weighted by molar-refractivity contribution is 7.89. The molecular weight excluding hydrogens is 438 g/mol. The second-order valence-electron chi connectivity index (χ2n) is 7.85. The Morgan fingerprint density at radius 1 is 1.13 bits per heavy atom. The number of piperidine rings is 1. The van der Waals surface area contributed by atoms with Crippen LogP contribution in [0.4, 0.5) is 5.69 Å². The number of hydrogen-bond donors (Lipinski definition) is 1. The van der Waals surface area contributed by atoms with Crippen molar-refractivity contribution in [3.8, 4) is 0 Å². The molecule has 31 heavy (non-hydrogen) atoms. The van der Waals surface area contributed by atoms with Crippen LogP contribution in [0.2, 0.25) is 5.02 Å². The first kappa shape index (κ1) is 23.2. The zero-order valence-electron chi connectivity index (χ0n) is 17.8. The number of anilines is 1. The highest BCUT2D eigenvalue weighted by Gasteiger charge is 2.29. The topological polar surface area (TPSA) is 86.8 Å². The Balaban J connectivity index is 1.73. The Hall–Kier alpha value is -2.42. The standard InChI is InChI=1S/C22H26ClN3O4S/c1-15-6-11-19(31(29,30)25(2)3)13-20(15)24-21(27)17-5-4-12-26(14-17)22(28)16-7-9-18(23)10-8-16/h6-11,13,17H,4-5,12,14H2,1-3H3,(H,24,27)/t17-/m0/s1. The third-order valence-corrected chi connectivity index (χ3v) is 7.48. The van der Waals surface area contributed by atoms with Gasteiger partial charge in [-0.25, -0.2) is 12.7 Å². The molecule has 3 rings (SSSR count). The molecule has 2 aromatic rings. The molecule has 2 amide bonds. The van der Waals surface area contributed by atoms with Gasteiger partial charge in [-0.1, -0.05) is 17.7 Å². The van der Waals surface area contributed by atoms with Crippen molar-refractivity contribution < 1.29 is 18.0 Å². The van der Waals surface area contributed by atoms with E-state index >= 15 is 0 Å². The molecule has 7 nitrogen and oxygen atoms in total. The van der Waals surface area contributed by atoms with Gasteiger partial charge in [0, 0.05) is 43.5 Å². The molecule has 1 saturated heterocycles. The van der Waals surface area contributed by atoms with Gasteiger partial charge in [-0.15, -0.1) is 0 Å². The van der Waals surface area contributed by atoms with E-state index in [0.717, 1.165) is 9.87 Å². The lowest BCUT2D eigenvalue weighted by molar-refractivity contribution is -0.121. The first-order valence-electron chi connectivity index (χ1n) is 9.98. The number of hydrogen-bond acceptors (Lipinski definition) is 4. The van der Waals surface area contributed by atoms with Crippen molar-refractivity contribution in [2.24, 2.45) is 5.92 Å². The molecule has 0 spiro atoms. The van der Waals surface area contributed by atoms with Gasteiger partial charge in [0.05, 0.1) is 10.8 Å². The molecule has 1 atom stereocenters. The number of halogens is 1. The normalized spacial score (nSPS) is 16.9. The highest BCUT2D eigenvalue weighted by Crippen LogP contribution is 2.25. The number of carbonyl (C=O) groups is 2. The summed E-state index contributed by atoms with van der Waals surface area (Å²) in [6, 6.07) is 11.3. The second kappa shape index (κ2) is 9.38. The van der Waals surface area contributed by atoms with Gasteiger partial charge in [0.25, 0.3) is 5.91 Å². The summed E-state index contributed by atoms with van der Waals surface area (Å²) in [5, 5.41) is 3.42. The van der Waals surface area contributed by atoms with Crippen LogP contribution in [0.5, 0.6) is 0 Å². The van der Waals surface area contributed by atoms with E-state index in [1.807, 2.05) is 0 Å². The van der Waals surface area contributed by atoms with Crippen LogP contribution >= 0.6 is 11.6 Å². The Labute approximate surface area is 188 Å². The minimum absolute atomic E-state index is 0.113. The molecule has 9 heteroatoms. The SMILES string of the molecule is Cc1ccc(S(=O)(=O)N(C)C)cc1NC(=O)[C@H]1CCCN(C(=O)c2ccc(Cl)cc2)C1. The molecule has 1 fully saturated rings. The van der Waals surface area contributed by atoms with Gasteiger partial charge >= 0.3 is 0 Å². The van der Waals surface area contributed by atoms with Crippen LogP contribution in [-0.2, 0) is 14.8 Å². The third kappa shape index (κ3) is 5.26. The largest absolute Gasteiger partial charge is 0.338 e. The molecule has 1 heterocycles. The van der Waals surface area contributed by atoms with Crippen molar-refractivity contribution in [2.75, 3.05) is 32.5 Å². The summed E-state index contributed by atoms with van der Waals surface area (Å²) in [6.07, 6.45) is 1.37. The van der Waals surface area contributed by atoms with E-state index in [1.54, 1.807) is 42.2 Å². The van der Waals surface area contributed by atoms with Crippen LogP contribution < -0.4 is 5.32 Å². The minimum Gasteiger partial charge on any atom is -0.338 e. The number of likely N-dealkylation sites (tertiary alicyclic amines) is 1.